The van der Waals surface area contributed by atoms with Crippen LogP contribution in [0.4, 0.5) is 0 Å². The second-order valence-electron chi connectivity index (χ2n) is 3.88. The van der Waals surface area contributed by atoms with Gasteiger partial charge >= 0.3 is 0 Å². The molecule has 0 fully saturated rings. The topological polar surface area (TPSA) is 43.8 Å². The molecule has 2 rings (SSSR count). The minimum absolute atomic E-state index is 0.0888. The fourth-order valence-corrected chi connectivity index (χ4v) is 1.74. The van der Waals surface area contributed by atoms with Crippen molar-refractivity contribution in [1.29, 1.82) is 0 Å². The molecule has 2 N–H and O–H groups in total. The molecule has 1 heterocycles. The molecule has 1 aromatic carbocycles. The smallest absolute Gasteiger partial charge is 0.0682 e. The van der Waals surface area contributed by atoms with Crippen molar-refractivity contribution in [3.05, 3.63) is 41.6 Å². The van der Waals surface area contributed by atoms with E-state index in [-0.39, 0.29) is 6.04 Å². The Morgan fingerprint density at radius 2 is 2.00 bits per heavy atom. The second-order valence-corrected chi connectivity index (χ2v) is 4.32. The standard InChI is InChI=1S/C12H14ClN3/c1-9(14)8-16-12(6-7-15-16)10-2-4-11(13)5-3-10/h2-7,9H,8,14H2,1H3. The van der Waals surface area contributed by atoms with Gasteiger partial charge in [-0.25, -0.2) is 0 Å². The van der Waals surface area contributed by atoms with Crippen molar-refractivity contribution >= 4 is 11.6 Å². The lowest BCUT2D eigenvalue weighted by Crippen LogP contribution is -2.23. The Morgan fingerprint density at radius 3 is 2.62 bits per heavy atom. The van der Waals surface area contributed by atoms with Crippen LogP contribution in [0.3, 0.4) is 0 Å². The molecule has 0 bridgehead atoms. The van der Waals surface area contributed by atoms with Crippen LogP contribution in [0.2, 0.25) is 5.02 Å². The van der Waals surface area contributed by atoms with Gasteiger partial charge in [0.1, 0.15) is 0 Å². The monoisotopic (exact) mass is 235 g/mol. The molecule has 16 heavy (non-hydrogen) atoms. The van der Waals surface area contributed by atoms with Gasteiger partial charge in [-0.2, -0.15) is 5.10 Å². The van der Waals surface area contributed by atoms with Crippen molar-refractivity contribution in [1.82, 2.24) is 9.78 Å². The third-order valence-corrected chi connectivity index (χ3v) is 2.57. The molecule has 0 aliphatic carbocycles. The summed E-state index contributed by atoms with van der Waals surface area (Å²) in [6, 6.07) is 9.78. The van der Waals surface area contributed by atoms with E-state index < -0.39 is 0 Å². The highest BCUT2D eigenvalue weighted by Crippen LogP contribution is 2.21. The van der Waals surface area contributed by atoms with E-state index in [1.165, 1.54) is 0 Å². The normalized spacial score (nSPS) is 12.7. The molecule has 0 spiro atoms. The van der Waals surface area contributed by atoms with E-state index in [1.54, 1.807) is 6.20 Å². The van der Waals surface area contributed by atoms with Crippen molar-refractivity contribution in [2.75, 3.05) is 0 Å². The third kappa shape index (κ3) is 2.43. The van der Waals surface area contributed by atoms with E-state index in [4.69, 9.17) is 17.3 Å². The number of aromatic nitrogens is 2. The maximum Gasteiger partial charge on any atom is 0.0682 e. The summed E-state index contributed by atoms with van der Waals surface area (Å²) in [5, 5.41) is 5.00. The Balaban J connectivity index is 2.33. The van der Waals surface area contributed by atoms with Gasteiger partial charge in [0, 0.05) is 17.3 Å². The minimum Gasteiger partial charge on any atom is -0.326 e. The van der Waals surface area contributed by atoms with Crippen LogP contribution in [0, 0.1) is 0 Å². The lowest BCUT2D eigenvalue weighted by Gasteiger charge is -2.10. The highest BCUT2D eigenvalue weighted by atomic mass is 35.5. The zero-order chi connectivity index (χ0) is 11.5. The summed E-state index contributed by atoms with van der Waals surface area (Å²) >= 11 is 5.85. The van der Waals surface area contributed by atoms with Gasteiger partial charge in [0.05, 0.1) is 12.2 Å². The Bertz CT molecular complexity index is 459. The Kier molecular flexibility index (Phi) is 3.27. The maximum atomic E-state index is 5.85. The molecule has 0 radical (unpaired) electrons. The van der Waals surface area contributed by atoms with Crippen LogP contribution in [-0.2, 0) is 6.54 Å². The van der Waals surface area contributed by atoms with Crippen molar-refractivity contribution in [2.45, 2.75) is 19.5 Å². The van der Waals surface area contributed by atoms with Gasteiger partial charge in [0.15, 0.2) is 0 Å². The zero-order valence-corrected chi connectivity index (χ0v) is 9.85. The lowest BCUT2D eigenvalue weighted by atomic mass is 10.1. The van der Waals surface area contributed by atoms with Crippen LogP contribution in [0.5, 0.6) is 0 Å². The average molecular weight is 236 g/mol. The first-order valence-corrected chi connectivity index (χ1v) is 5.58. The summed E-state index contributed by atoms with van der Waals surface area (Å²) in [5.74, 6) is 0. The highest BCUT2D eigenvalue weighted by Gasteiger charge is 2.06. The predicted molar refractivity (Wildman–Crippen MR) is 66.3 cm³/mol. The third-order valence-electron chi connectivity index (χ3n) is 2.32. The van der Waals surface area contributed by atoms with E-state index in [0.29, 0.717) is 6.54 Å². The van der Waals surface area contributed by atoms with Crippen LogP contribution in [0.15, 0.2) is 36.5 Å². The maximum absolute atomic E-state index is 5.85. The SMILES string of the molecule is CC(N)Cn1nccc1-c1ccc(Cl)cc1. The van der Waals surface area contributed by atoms with Crippen LogP contribution < -0.4 is 5.73 Å². The van der Waals surface area contributed by atoms with Crippen LogP contribution in [0.1, 0.15) is 6.92 Å². The predicted octanol–water partition coefficient (Wildman–Crippen LogP) is 2.55. The van der Waals surface area contributed by atoms with Crippen molar-refractivity contribution in [3.8, 4) is 11.3 Å². The van der Waals surface area contributed by atoms with E-state index in [2.05, 4.69) is 5.10 Å². The van der Waals surface area contributed by atoms with Crippen LogP contribution in [-0.4, -0.2) is 15.8 Å². The molecule has 0 saturated heterocycles. The summed E-state index contributed by atoms with van der Waals surface area (Å²) in [4.78, 5) is 0. The van der Waals surface area contributed by atoms with E-state index >= 15 is 0 Å². The van der Waals surface area contributed by atoms with Crippen molar-refractivity contribution in [3.63, 3.8) is 0 Å². The molecule has 0 saturated carbocycles. The number of rotatable bonds is 3. The van der Waals surface area contributed by atoms with Gasteiger partial charge in [-0.3, -0.25) is 4.68 Å². The molecule has 1 atom stereocenters. The Morgan fingerprint density at radius 1 is 1.31 bits per heavy atom. The molecular formula is C12H14ClN3. The Labute approximate surface area is 99.8 Å². The molecule has 2 aromatic rings. The molecule has 3 nitrogen and oxygen atoms in total. The number of benzene rings is 1. The quantitative estimate of drug-likeness (QED) is 0.889. The summed E-state index contributed by atoms with van der Waals surface area (Å²) in [6.07, 6.45) is 1.78. The molecule has 1 unspecified atom stereocenters. The molecule has 0 aliphatic rings. The van der Waals surface area contributed by atoms with Gasteiger partial charge < -0.3 is 5.73 Å². The molecule has 4 heteroatoms. The van der Waals surface area contributed by atoms with E-state index in [0.717, 1.165) is 16.3 Å². The number of hydrogen-bond donors (Lipinski definition) is 1. The summed E-state index contributed by atoms with van der Waals surface area (Å²) in [5.41, 5.74) is 7.94. The molecule has 1 aromatic heterocycles. The number of nitrogens with zero attached hydrogens (tertiary/aromatic N) is 2. The van der Waals surface area contributed by atoms with E-state index in [1.807, 2.05) is 41.9 Å². The minimum atomic E-state index is 0.0888. The molecular weight excluding hydrogens is 222 g/mol. The number of halogens is 1. The molecule has 0 aliphatic heterocycles. The highest BCUT2D eigenvalue weighted by molar-refractivity contribution is 6.30. The first kappa shape index (κ1) is 11.2. The zero-order valence-electron chi connectivity index (χ0n) is 9.10. The largest absolute Gasteiger partial charge is 0.326 e. The van der Waals surface area contributed by atoms with Gasteiger partial charge in [0.25, 0.3) is 0 Å². The molecule has 84 valence electrons. The van der Waals surface area contributed by atoms with Gasteiger partial charge in [-0.1, -0.05) is 23.7 Å². The summed E-state index contributed by atoms with van der Waals surface area (Å²) in [6.45, 7) is 2.68. The number of hydrogen-bond acceptors (Lipinski definition) is 2. The van der Waals surface area contributed by atoms with Gasteiger partial charge in [-0.05, 0) is 30.7 Å². The van der Waals surface area contributed by atoms with Gasteiger partial charge in [0.2, 0.25) is 0 Å². The first-order valence-electron chi connectivity index (χ1n) is 5.20. The lowest BCUT2D eigenvalue weighted by molar-refractivity contribution is 0.543. The fraction of sp³-hybridized carbons (Fsp3) is 0.250. The Hall–Kier alpha value is -1.32. The van der Waals surface area contributed by atoms with Gasteiger partial charge in [-0.15, -0.1) is 0 Å². The van der Waals surface area contributed by atoms with Crippen molar-refractivity contribution in [2.24, 2.45) is 5.73 Å². The van der Waals surface area contributed by atoms with Crippen LogP contribution >= 0.6 is 11.6 Å². The van der Waals surface area contributed by atoms with E-state index in [9.17, 15) is 0 Å². The average Bonchev–Trinajstić information content (AvgIpc) is 2.66. The van der Waals surface area contributed by atoms with Crippen LogP contribution in [0.25, 0.3) is 11.3 Å². The fourth-order valence-electron chi connectivity index (χ4n) is 1.62. The second kappa shape index (κ2) is 4.68. The first-order chi connectivity index (χ1) is 7.66. The number of nitrogens with two attached hydrogens (primary N) is 1. The molecule has 0 amide bonds. The van der Waals surface area contributed by atoms with Crippen molar-refractivity contribution < 1.29 is 0 Å². The summed E-state index contributed by atoms with van der Waals surface area (Å²) < 4.78 is 1.91. The summed E-state index contributed by atoms with van der Waals surface area (Å²) in [7, 11) is 0.